The maximum atomic E-state index is 12.3. The molecule has 0 radical (unpaired) electrons. The second kappa shape index (κ2) is 11.5. The lowest BCUT2D eigenvalue weighted by molar-refractivity contribution is -0.120. The first kappa shape index (κ1) is 23.5. The first-order valence-corrected chi connectivity index (χ1v) is 11.3. The topological polar surface area (TPSA) is 59.9 Å². The highest BCUT2D eigenvalue weighted by Crippen LogP contribution is 2.37. The Labute approximate surface area is 197 Å². The summed E-state index contributed by atoms with van der Waals surface area (Å²) >= 11 is 3.57. The molecule has 0 fully saturated rings. The van der Waals surface area contributed by atoms with Gasteiger partial charge in [-0.05, 0) is 71.1 Å². The summed E-state index contributed by atoms with van der Waals surface area (Å²) in [5.74, 6) is 1.08. The molecule has 1 amide bonds. The molecule has 3 rings (SSSR count). The standard InChI is InChI=1S/C26H27BrN2O3/c1-4-31-24-14-21(13-23(27)26(24)32-17-20-8-6-5-7-9-20)16-28-29-25(30)15-22-11-10-18(2)12-19(22)3/h5-14,16H,4,15,17H2,1-3H3,(H,29,30)/b28-16-. The van der Waals surface area contributed by atoms with Crippen molar-refractivity contribution in [1.29, 1.82) is 0 Å². The third-order valence-corrected chi connectivity index (χ3v) is 5.40. The molecule has 6 heteroatoms. The Bertz CT molecular complexity index is 1100. The summed E-state index contributed by atoms with van der Waals surface area (Å²) < 4.78 is 12.5. The number of benzene rings is 3. The van der Waals surface area contributed by atoms with Crippen LogP contribution in [0, 0.1) is 13.8 Å². The number of aryl methyl sites for hydroxylation is 2. The minimum atomic E-state index is -0.167. The lowest BCUT2D eigenvalue weighted by Crippen LogP contribution is -2.20. The highest BCUT2D eigenvalue weighted by atomic mass is 79.9. The van der Waals surface area contributed by atoms with Gasteiger partial charge >= 0.3 is 0 Å². The van der Waals surface area contributed by atoms with E-state index in [1.165, 1.54) is 5.56 Å². The number of nitrogens with one attached hydrogen (secondary N) is 1. The molecule has 0 saturated heterocycles. The third-order valence-electron chi connectivity index (χ3n) is 4.81. The molecule has 0 aliphatic carbocycles. The van der Waals surface area contributed by atoms with Gasteiger partial charge in [0, 0.05) is 0 Å². The van der Waals surface area contributed by atoms with Gasteiger partial charge in [-0.1, -0.05) is 54.1 Å². The zero-order chi connectivity index (χ0) is 22.9. The van der Waals surface area contributed by atoms with E-state index in [0.717, 1.165) is 26.7 Å². The Balaban J connectivity index is 1.66. The molecule has 0 heterocycles. The average Bonchev–Trinajstić information content (AvgIpc) is 2.76. The molecule has 0 saturated carbocycles. The Morgan fingerprint density at radius 3 is 2.56 bits per heavy atom. The molecule has 0 bridgehead atoms. The maximum Gasteiger partial charge on any atom is 0.244 e. The summed E-state index contributed by atoms with van der Waals surface area (Å²) in [6.07, 6.45) is 1.87. The predicted molar refractivity (Wildman–Crippen MR) is 131 cm³/mol. The zero-order valence-corrected chi connectivity index (χ0v) is 20.1. The van der Waals surface area contributed by atoms with Gasteiger partial charge in [-0.3, -0.25) is 4.79 Å². The van der Waals surface area contributed by atoms with E-state index in [9.17, 15) is 4.79 Å². The van der Waals surface area contributed by atoms with Crippen molar-refractivity contribution < 1.29 is 14.3 Å². The normalized spacial score (nSPS) is 10.9. The van der Waals surface area contributed by atoms with Gasteiger partial charge < -0.3 is 9.47 Å². The van der Waals surface area contributed by atoms with Gasteiger partial charge in [0.1, 0.15) is 6.61 Å². The van der Waals surface area contributed by atoms with Gasteiger partial charge in [-0.25, -0.2) is 5.43 Å². The number of carbonyl (C=O) groups excluding carboxylic acids is 1. The van der Waals surface area contributed by atoms with Crippen LogP contribution in [0.3, 0.4) is 0 Å². The van der Waals surface area contributed by atoms with Crippen LogP contribution >= 0.6 is 15.9 Å². The minimum absolute atomic E-state index is 0.167. The molecule has 5 nitrogen and oxygen atoms in total. The summed E-state index contributed by atoms with van der Waals surface area (Å²) in [4.78, 5) is 12.3. The van der Waals surface area contributed by atoms with E-state index < -0.39 is 0 Å². The number of amides is 1. The van der Waals surface area contributed by atoms with Crippen molar-refractivity contribution in [3.63, 3.8) is 0 Å². The van der Waals surface area contributed by atoms with E-state index in [1.807, 2.05) is 75.4 Å². The molecule has 3 aromatic rings. The van der Waals surface area contributed by atoms with Crippen molar-refractivity contribution in [1.82, 2.24) is 5.43 Å². The number of nitrogens with zero attached hydrogens (tertiary/aromatic N) is 1. The summed E-state index contributed by atoms with van der Waals surface area (Å²) in [5.41, 5.74) is 7.71. The van der Waals surface area contributed by atoms with Gasteiger partial charge in [0.2, 0.25) is 5.91 Å². The van der Waals surface area contributed by atoms with E-state index in [-0.39, 0.29) is 12.3 Å². The van der Waals surface area contributed by atoms with E-state index in [1.54, 1.807) is 6.21 Å². The molecule has 32 heavy (non-hydrogen) atoms. The fraction of sp³-hybridized carbons (Fsp3) is 0.231. The van der Waals surface area contributed by atoms with Crippen LogP contribution in [0.5, 0.6) is 11.5 Å². The van der Waals surface area contributed by atoms with Gasteiger partial charge in [0.05, 0.1) is 23.7 Å². The lowest BCUT2D eigenvalue weighted by Gasteiger charge is -2.14. The number of halogens is 1. The van der Waals surface area contributed by atoms with Crippen LogP contribution in [0.4, 0.5) is 0 Å². The van der Waals surface area contributed by atoms with Crippen LogP contribution in [-0.4, -0.2) is 18.7 Å². The van der Waals surface area contributed by atoms with Gasteiger partial charge in [-0.15, -0.1) is 0 Å². The largest absolute Gasteiger partial charge is 0.490 e. The third kappa shape index (κ3) is 6.69. The highest BCUT2D eigenvalue weighted by molar-refractivity contribution is 9.10. The summed E-state index contributed by atoms with van der Waals surface area (Å²) in [6, 6.07) is 19.7. The monoisotopic (exact) mass is 494 g/mol. The van der Waals surface area contributed by atoms with Crippen LogP contribution < -0.4 is 14.9 Å². The van der Waals surface area contributed by atoms with E-state index in [2.05, 4.69) is 32.5 Å². The van der Waals surface area contributed by atoms with Crippen molar-refractivity contribution in [2.75, 3.05) is 6.61 Å². The van der Waals surface area contributed by atoms with Crippen molar-refractivity contribution >= 4 is 28.1 Å². The molecule has 0 spiro atoms. The summed E-state index contributed by atoms with van der Waals surface area (Å²) in [6.45, 7) is 6.90. The van der Waals surface area contributed by atoms with Crippen LogP contribution in [0.25, 0.3) is 0 Å². The predicted octanol–water partition coefficient (Wildman–Crippen LogP) is 5.74. The number of carbonyl (C=O) groups is 1. The van der Waals surface area contributed by atoms with E-state index >= 15 is 0 Å². The number of hydrogen-bond donors (Lipinski definition) is 1. The van der Waals surface area contributed by atoms with Crippen LogP contribution in [0.1, 0.15) is 34.7 Å². The second-order valence-electron chi connectivity index (χ2n) is 7.44. The molecule has 0 aromatic heterocycles. The molecule has 0 atom stereocenters. The smallest absolute Gasteiger partial charge is 0.244 e. The first-order valence-electron chi connectivity index (χ1n) is 10.5. The van der Waals surface area contributed by atoms with Gasteiger partial charge in [0.25, 0.3) is 0 Å². The number of ether oxygens (including phenoxy) is 2. The van der Waals surface area contributed by atoms with Crippen molar-refractivity contribution in [2.24, 2.45) is 5.10 Å². The molecular formula is C26H27BrN2O3. The molecule has 0 unspecified atom stereocenters. The molecule has 1 N–H and O–H groups in total. The molecule has 0 aliphatic heterocycles. The zero-order valence-electron chi connectivity index (χ0n) is 18.5. The van der Waals surface area contributed by atoms with Crippen molar-refractivity contribution in [2.45, 2.75) is 33.8 Å². The van der Waals surface area contributed by atoms with Crippen molar-refractivity contribution in [3.05, 3.63) is 93.0 Å². The Hall–Kier alpha value is -3.12. The van der Waals surface area contributed by atoms with Crippen LogP contribution in [0.2, 0.25) is 0 Å². The SMILES string of the molecule is CCOc1cc(/C=N\NC(=O)Cc2ccc(C)cc2C)cc(Br)c1OCc1ccccc1. The van der Waals surface area contributed by atoms with Crippen LogP contribution in [0.15, 0.2) is 70.2 Å². The second-order valence-corrected chi connectivity index (χ2v) is 8.29. The quantitative estimate of drug-likeness (QED) is 0.305. The van der Waals surface area contributed by atoms with E-state index in [0.29, 0.717) is 24.7 Å². The number of hydrogen-bond acceptors (Lipinski definition) is 4. The van der Waals surface area contributed by atoms with Crippen LogP contribution in [-0.2, 0) is 17.8 Å². The first-order chi connectivity index (χ1) is 15.5. The molecule has 0 aliphatic rings. The molecule has 166 valence electrons. The minimum Gasteiger partial charge on any atom is -0.490 e. The maximum absolute atomic E-state index is 12.3. The van der Waals surface area contributed by atoms with Gasteiger partial charge in [-0.2, -0.15) is 5.10 Å². The van der Waals surface area contributed by atoms with Crippen molar-refractivity contribution in [3.8, 4) is 11.5 Å². The summed E-state index contributed by atoms with van der Waals surface area (Å²) in [7, 11) is 0. The molecular weight excluding hydrogens is 468 g/mol. The highest BCUT2D eigenvalue weighted by Gasteiger charge is 2.12. The number of hydrazone groups is 1. The van der Waals surface area contributed by atoms with E-state index in [4.69, 9.17) is 9.47 Å². The Morgan fingerprint density at radius 1 is 1.06 bits per heavy atom. The fourth-order valence-corrected chi connectivity index (χ4v) is 3.80. The Morgan fingerprint density at radius 2 is 1.84 bits per heavy atom. The summed E-state index contributed by atoms with van der Waals surface area (Å²) in [5, 5.41) is 4.11. The fourth-order valence-electron chi connectivity index (χ4n) is 3.23. The average molecular weight is 495 g/mol. The Kier molecular flexibility index (Phi) is 8.45. The number of rotatable bonds is 9. The molecule has 3 aromatic carbocycles. The van der Waals surface area contributed by atoms with Gasteiger partial charge in [0.15, 0.2) is 11.5 Å². The lowest BCUT2D eigenvalue weighted by atomic mass is 10.0.